The van der Waals surface area contributed by atoms with Gasteiger partial charge in [-0.2, -0.15) is 0 Å². The number of hydrogen-bond acceptors (Lipinski definition) is 5. The second kappa shape index (κ2) is 6.02. The lowest BCUT2D eigenvalue weighted by atomic mass is 10.3. The number of nitrogens with zero attached hydrogens (tertiary/aromatic N) is 1. The summed E-state index contributed by atoms with van der Waals surface area (Å²) in [6.45, 7) is 1.95. The minimum absolute atomic E-state index is 0. The first-order valence-corrected chi connectivity index (χ1v) is 5.27. The van der Waals surface area contributed by atoms with Crippen molar-refractivity contribution < 1.29 is 9.53 Å². The lowest BCUT2D eigenvalue weighted by Gasteiger charge is -2.22. The highest BCUT2D eigenvalue weighted by Crippen LogP contribution is 2.11. The van der Waals surface area contributed by atoms with Gasteiger partial charge in [0.25, 0.3) is 5.91 Å². The molecule has 15 heavy (non-hydrogen) atoms. The molecule has 1 aliphatic rings. The minimum Gasteiger partial charge on any atom is -0.366 e. The molecule has 0 aliphatic carbocycles. The number of ether oxygens (including phenoxy) is 1. The molecule has 1 aliphatic heterocycles. The van der Waals surface area contributed by atoms with E-state index in [9.17, 15) is 4.79 Å². The van der Waals surface area contributed by atoms with E-state index < -0.39 is 6.10 Å². The first-order valence-electron chi connectivity index (χ1n) is 4.39. The molecule has 1 fully saturated rings. The Morgan fingerprint density at radius 1 is 1.73 bits per heavy atom. The number of thiazole rings is 1. The molecule has 84 valence electrons. The Kier molecular flexibility index (Phi) is 4.97. The third kappa shape index (κ3) is 3.42. The van der Waals surface area contributed by atoms with Crippen LogP contribution < -0.4 is 10.6 Å². The molecule has 1 atom stereocenters. The number of anilines is 1. The van der Waals surface area contributed by atoms with E-state index in [-0.39, 0.29) is 18.3 Å². The molecule has 0 aromatic carbocycles. The van der Waals surface area contributed by atoms with Gasteiger partial charge in [-0.05, 0) is 0 Å². The van der Waals surface area contributed by atoms with Crippen molar-refractivity contribution in [3.8, 4) is 0 Å². The highest BCUT2D eigenvalue weighted by molar-refractivity contribution is 7.13. The molecule has 0 bridgehead atoms. The van der Waals surface area contributed by atoms with Crippen molar-refractivity contribution in [1.29, 1.82) is 0 Å². The average molecular weight is 250 g/mol. The average Bonchev–Trinajstić information content (AvgIpc) is 2.72. The molecule has 0 saturated carbocycles. The van der Waals surface area contributed by atoms with E-state index in [0.717, 1.165) is 6.54 Å². The number of amides is 1. The zero-order valence-electron chi connectivity index (χ0n) is 7.93. The fourth-order valence-corrected chi connectivity index (χ4v) is 1.74. The minimum atomic E-state index is -0.396. The molecule has 0 radical (unpaired) electrons. The number of nitrogens with one attached hydrogen (secondary N) is 2. The van der Waals surface area contributed by atoms with Gasteiger partial charge < -0.3 is 10.1 Å². The van der Waals surface area contributed by atoms with Gasteiger partial charge >= 0.3 is 0 Å². The van der Waals surface area contributed by atoms with Gasteiger partial charge in [0, 0.05) is 24.7 Å². The van der Waals surface area contributed by atoms with Crippen LogP contribution in [-0.2, 0) is 9.53 Å². The summed E-state index contributed by atoms with van der Waals surface area (Å²) in [5.74, 6) is -0.132. The van der Waals surface area contributed by atoms with E-state index in [1.165, 1.54) is 11.3 Å². The van der Waals surface area contributed by atoms with E-state index in [0.29, 0.717) is 18.3 Å². The van der Waals surface area contributed by atoms with Gasteiger partial charge in [0.05, 0.1) is 6.61 Å². The van der Waals surface area contributed by atoms with Crippen LogP contribution in [0.15, 0.2) is 11.6 Å². The third-order valence-electron chi connectivity index (χ3n) is 1.88. The molecule has 2 heterocycles. The normalized spacial score (nSPS) is 20.4. The molecule has 0 unspecified atom stereocenters. The van der Waals surface area contributed by atoms with E-state index in [4.69, 9.17) is 4.74 Å². The van der Waals surface area contributed by atoms with Crippen molar-refractivity contribution in [1.82, 2.24) is 10.3 Å². The molecular formula is C8H12ClN3O2S. The summed E-state index contributed by atoms with van der Waals surface area (Å²) in [6, 6.07) is 0. The van der Waals surface area contributed by atoms with Crippen LogP contribution >= 0.6 is 23.7 Å². The fraction of sp³-hybridized carbons (Fsp3) is 0.500. The number of morpholine rings is 1. The number of halogens is 1. The van der Waals surface area contributed by atoms with Crippen LogP contribution in [-0.4, -0.2) is 36.7 Å². The Labute approximate surface area is 97.6 Å². The van der Waals surface area contributed by atoms with Gasteiger partial charge in [0.1, 0.15) is 6.10 Å². The van der Waals surface area contributed by atoms with Crippen LogP contribution in [0.4, 0.5) is 5.13 Å². The SMILES string of the molecule is Cl.O=C(Nc1nccs1)[C@H]1CNCCO1. The summed E-state index contributed by atoms with van der Waals surface area (Å²) < 4.78 is 5.29. The van der Waals surface area contributed by atoms with Crippen molar-refractivity contribution in [3.05, 3.63) is 11.6 Å². The van der Waals surface area contributed by atoms with Gasteiger partial charge in [0.15, 0.2) is 5.13 Å². The van der Waals surface area contributed by atoms with Crippen LogP contribution in [0, 0.1) is 0 Å². The number of carbonyl (C=O) groups is 1. The second-order valence-electron chi connectivity index (χ2n) is 2.89. The summed E-state index contributed by atoms with van der Waals surface area (Å²) in [6.07, 6.45) is 1.26. The quantitative estimate of drug-likeness (QED) is 0.801. The maximum atomic E-state index is 11.6. The molecule has 2 N–H and O–H groups in total. The standard InChI is InChI=1S/C8H11N3O2S.ClH/c12-7(6-5-9-1-3-13-6)11-8-10-2-4-14-8;/h2,4,6,9H,1,3,5H2,(H,10,11,12);1H/t6-;/m1./s1. The maximum Gasteiger partial charge on any atom is 0.256 e. The Balaban J connectivity index is 0.00000112. The Morgan fingerprint density at radius 2 is 2.60 bits per heavy atom. The summed E-state index contributed by atoms with van der Waals surface area (Å²) >= 11 is 1.40. The van der Waals surface area contributed by atoms with Crippen molar-refractivity contribution in [3.63, 3.8) is 0 Å². The number of aromatic nitrogens is 1. The van der Waals surface area contributed by atoms with Gasteiger partial charge in [-0.15, -0.1) is 23.7 Å². The van der Waals surface area contributed by atoms with Crippen molar-refractivity contribution in [2.75, 3.05) is 25.0 Å². The second-order valence-corrected chi connectivity index (χ2v) is 3.78. The molecule has 1 aromatic rings. The van der Waals surface area contributed by atoms with E-state index in [1.54, 1.807) is 6.20 Å². The van der Waals surface area contributed by atoms with Gasteiger partial charge in [-0.3, -0.25) is 10.1 Å². The summed E-state index contributed by atoms with van der Waals surface area (Å²) in [7, 11) is 0. The lowest BCUT2D eigenvalue weighted by Crippen LogP contribution is -2.45. The molecule has 1 saturated heterocycles. The van der Waals surface area contributed by atoms with E-state index in [2.05, 4.69) is 15.6 Å². The number of rotatable bonds is 2. The monoisotopic (exact) mass is 249 g/mol. The summed E-state index contributed by atoms with van der Waals surface area (Å²) in [4.78, 5) is 15.5. The van der Waals surface area contributed by atoms with E-state index >= 15 is 0 Å². The molecule has 7 heteroatoms. The smallest absolute Gasteiger partial charge is 0.256 e. The number of hydrogen-bond donors (Lipinski definition) is 2. The van der Waals surface area contributed by atoms with Crippen LogP contribution in [0.25, 0.3) is 0 Å². The zero-order valence-corrected chi connectivity index (χ0v) is 9.57. The predicted molar refractivity (Wildman–Crippen MR) is 60.6 cm³/mol. The van der Waals surface area contributed by atoms with Gasteiger partial charge in [0.2, 0.25) is 0 Å². The highest BCUT2D eigenvalue weighted by atomic mass is 35.5. The lowest BCUT2D eigenvalue weighted by molar-refractivity contribution is -0.128. The third-order valence-corrected chi connectivity index (χ3v) is 2.57. The van der Waals surface area contributed by atoms with Crippen LogP contribution in [0.2, 0.25) is 0 Å². The molecule has 1 amide bonds. The highest BCUT2D eigenvalue weighted by Gasteiger charge is 2.21. The zero-order chi connectivity index (χ0) is 9.80. The number of carbonyl (C=O) groups excluding carboxylic acids is 1. The summed E-state index contributed by atoms with van der Waals surface area (Å²) in [5, 5.41) is 8.22. The first-order chi connectivity index (χ1) is 6.86. The largest absolute Gasteiger partial charge is 0.366 e. The van der Waals surface area contributed by atoms with E-state index in [1.807, 2.05) is 5.38 Å². The molecule has 2 rings (SSSR count). The predicted octanol–water partition coefficient (Wildman–Crippen LogP) is 0.492. The fourth-order valence-electron chi connectivity index (χ4n) is 1.20. The summed E-state index contributed by atoms with van der Waals surface area (Å²) in [5.41, 5.74) is 0. The molecule has 5 nitrogen and oxygen atoms in total. The molecule has 0 spiro atoms. The molecular weight excluding hydrogens is 238 g/mol. The maximum absolute atomic E-state index is 11.6. The van der Waals surface area contributed by atoms with Gasteiger partial charge in [-0.25, -0.2) is 4.98 Å². The van der Waals surface area contributed by atoms with Gasteiger partial charge in [-0.1, -0.05) is 0 Å². The van der Waals surface area contributed by atoms with Crippen LogP contribution in [0.3, 0.4) is 0 Å². The van der Waals surface area contributed by atoms with Crippen molar-refractivity contribution in [2.45, 2.75) is 6.10 Å². The van der Waals surface area contributed by atoms with Crippen LogP contribution in [0.5, 0.6) is 0 Å². The van der Waals surface area contributed by atoms with Crippen molar-refractivity contribution in [2.24, 2.45) is 0 Å². The Morgan fingerprint density at radius 3 is 3.20 bits per heavy atom. The Bertz CT molecular complexity index is 301. The first kappa shape index (κ1) is 12.4. The van der Waals surface area contributed by atoms with Crippen LogP contribution in [0.1, 0.15) is 0 Å². The Hall–Kier alpha value is -0.690. The topological polar surface area (TPSA) is 63.2 Å². The van der Waals surface area contributed by atoms with Crippen molar-refractivity contribution >= 4 is 34.8 Å². The molecule has 1 aromatic heterocycles.